The van der Waals surface area contributed by atoms with Crippen LogP contribution in [0, 0.1) is 10.1 Å². The second kappa shape index (κ2) is 7.89. The third-order valence-electron chi connectivity index (χ3n) is 3.87. The first kappa shape index (κ1) is 17.8. The lowest BCUT2D eigenvalue weighted by molar-refractivity contribution is -0.384. The van der Waals surface area contributed by atoms with Crippen LogP contribution in [0.4, 0.5) is 5.69 Å². The van der Waals surface area contributed by atoms with Crippen LogP contribution in [-0.4, -0.2) is 12.0 Å². The molecule has 0 aromatic heterocycles. The molecular weight excluding hydrogens is 354 g/mol. The maximum absolute atomic E-state index is 11.4. The van der Waals surface area contributed by atoms with Crippen molar-refractivity contribution in [3.05, 3.63) is 87.4 Å². The molecule has 3 rings (SSSR count). The van der Waals surface area contributed by atoms with Crippen molar-refractivity contribution in [1.29, 1.82) is 0 Å². The van der Waals surface area contributed by atoms with Crippen molar-refractivity contribution in [1.82, 2.24) is 0 Å². The number of hydrogen-bond acceptors (Lipinski definition) is 4. The SMILES string of the molecule is COc1ccc(-c2ccc(Cl)cc2[N+](=O)[O-])c(OCc2ccccc2)c1. The largest absolute Gasteiger partial charge is 0.497 e. The molecule has 3 aromatic rings. The Morgan fingerprint density at radius 3 is 2.42 bits per heavy atom. The molecule has 0 unspecified atom stereocenters. The molecule has 0 bridgehead atoms. The Kier molecular flexibility index (Phi) is 5.39. The minimum Gasteiger partial charge on any atom is -0.497 e. The topological polar surface area (TPSA) is 61.6 Å². The number of methoxy groups -OCH3 is 1. The Balaban J connectivity index is 2.03. The molecule has 0 aliphatic rings. The highest BCUT2D eigenvalue weighted by Crippen LogP contribution is 2.39. The van der Waals surface area contributed by atoms with Crippen molar-refractivity contribution >= 4 is 17.3 Å². The van der Waals surface area contributed by atoms with E-state index >= 15 is 0 Å². The molecule has 0 amide bonds. The number of rotatable bonds is 6. The highest BCUT2D eigenvalue weighted by atomic mass is 35.5. The summed E-state index contributed by atoms with van der Waals surface area (Å²) in [5, 5.41) is 11.7. The fraction of sp³-hybridized carbons (Fsp3) is 0.100. The smallest absolute Gasteiger partial charge is 0.278 e. The van der Waals surface area contributed by atoms with Crippen LogP contribution in [0.1, 0.15) is 5.56 Å². The van der Waals surface area contributed by atoms with E-state index in [0.717, 1.165) is 5.56 Å². The zero-order valence-electron chi connectivity index (χ0n) is 14.0. The Morgan fingerprint density at radius 2 is 1.73 bits per heavy atom. The average molecular weight is 370 g/mol. The zero-order valence-corrected chi connectivity index (χ0v) is 14.8. The van der Waals surface area contributed by atoms with Crippen LogP contribution in [0.3, 0.4) is 0 Å². The molecule has 0 N–H and O–H groups in total. The molecule has 0 saturated heterocycles. The van der Waals surface area contributed by atoms with E-state index < -0.39 is 4.92 Å². The second-order valence-corrected chi connectivity index (χ2v) is 5.99. The summed E-state index contributed by atoms with van der Waals surface area (Å²) in [6.07, 6.45) is 0. The number of hydrogen-bond donors (Lipinski definition) is 0. The summed E-state index contributed by atoms with van der Waals surface area (Å²) in [6, 6.07) is 19.5. The maximum atomic E-state index is 11.4. The lowest BCUT2D eigenvalue weighted by Gasteiger charge is -2.14. The predicted molar refractivity (Wildman–Crippen MR) is 101 cm³/mol. The highest BCUT2D eigenvalue weighted by molar-refractivity contribution is 6.31. The van der Waals surface area contributed by atoms with Gasteiger partial charge in [0.1, 0.15) is 18.1 Å². The number of ether oxygens (including phenoxy) is 2. The Morgan fingerprint density at radius 1 is 1.00 bits per heavy atom. The average Bonchev–Trinajstić information content (AvgIpc) is 2.67. The van der Waals surface area contributed by atoms with Gasteiger partial charge in [0.05, 0.1) is 17.6 Å². The minimum atomic E-state index is -0.452. The summed E-state index contributed by atoms with van der Waals surface area (Å²) in [6.45, 7) is 0.336. The third-order valence-corrected chi connectivity index (χ3v) is 4.11. The molecule has 0 saturated carbocycles. The van der Waals surface area contributed by atoms with E-state index in [9.17, 15) is 10.1 Å². The lowest BCUT2D eigenvalue weighted by Crippen LogP contribution is -1.99. The van der Waals surface area contributed by atoms with Crippen LogP contribution in [-0.2, 0) is 6.61 Å². The van der Waals surface area contributed by atoms with E-state index in [1.165, 1.54) is 6.07 Å². The van der Waals surface area contributed by atoms with E-state index in [0.29, 0.717) is 34.3 Å². The first-order valence-corrected chi connectivity index (χ1v) is 8.25. The van der Waals surface area contributed by atoms with Gasteiger partial charge in [0, 0.05) is 22.7 Å². The van der Waals surface area contributed by atoms with Gasteiger partial charge in [-0.15, -0.1) is 0 Å². The molecule has 26 heavy (non-hydrogen) atoms. The molecule has 6 heteroatoms. The molecule has 0 radical (unpaired) electrons. The van der Waals surface area contributed by atoms with Crippen molar-refractivity contribution in [2.45, 2.75) is 6.61 Å². The number of nitro groups is 1. The zero-order chi connectivity index (χ0) is 18.5. The first-order valence-electron chi connectivity index (χ1n) is 7.87. The van der Waals surface area contributed by atoms with E-state index in [1.54, 1.807) is 37.4 Å². The van der Waals surface area contributed by atoms with Crippen molar-refractivity contribution in [2.24, 2.45) is 0 Å². The molecule has 5 nitrogen and oxygen atoms in total. The van der Waals surface area contributed by atoms with Crippen LogP contribution in [0.2, 0.25) is 5.02 Å². The summed E-state index contributed by atoms with van der Waals surface area (Å²) in [5.74, 6) is 1.10. The van der Waals surface area contributed by atoms with Crippen molar-refractivity contribution in [3.8, 4) is 22.6 Å². The molecule has 0 heterocycles. The van der Waals surface area contributed by atoms with Crippen molar-refractivity contribution in [2.75, 3.05) is 7.11 Å². The van der Waals surface area contributed by atoms with E-state index in [4.69, 9.17) is 21.1 Å². The first-order chi connectivity index (χ1) is 12.6. The molecule has 3 aromatic carbocycles. The fourth-order valence-electron chi connectivity index (χ4n) is 2.59. The number of nitro benzene ring substituents is 1. The van der Waals surface area contributed by atoms with Gasteiger partial charge in [-0.1, -0.05) is 41.9 Å². The van der Waals surface area contributed by atoms with Crippen LogP contribution in [0.5, 0.6) is 11.5 Å². The van der Waals surface area contributed by atoms with Gasteiger partial charge >= 0.3 is 0 Å². The van der Waals surface area contributed by atoms with E-state index in [-0.39, 0.29) is 5.69 Å². The van der Waals surface area contributed by atoms with Crippen LogP contribution >= 0.6 is 11.6 Å². The monoisotopic (exact) mass is 369 g/mol. The molecule has 132 valence electrons. The number of halogens is 1. The minimum absolute atomic E-state index is 0.0766. The molecular formula is C20H16ClNO4. The Bertz CT molecular complexity index is 928. The highest BCUT2D eigenvalue weighted by Gasteiger charge is 2.19. The van der Waals surface area contributed by atoms with Gasteiger partial charge < -0.3 is 9.47 Å². The standard InChI is InChI=1S/C20H16ClNO4/c1-25-16-8-10-18(17-9-7-15(21)11-19(17)22(23)24)20(12-16)26-13-14-5-3-2-4-6-14/h2-12H,13H2,1H3. The summed E-state index contributed by atoms with van der Waals surface area (Å²) in [4.78, 5) is 11.0. The van der Waals surface area contributed by atoms with E-state index in [2.05, 4.69) is 0 Å². The molecule has 0 aliphatic heterocycles. The van der Waals surface area contributed by atoms with Gasteiger partial charge in [0.2, 0.25) is 0 Å². The quantitative estimate of drug-likeness (QED) is 0.425. The summed E-state index contributed by atoms with van der Waals surface area (Å²) >= 11 is 5.92. The second-order valence-electron chi connectivity index (χ2n) is 5.55. The normalized spacial score (nSPS) is 10.4. The third kappa shape index (κ3) is 3.95. The molecule has 0 atom stereocenters. The number of nitrogens with zero attached hydrogens (tertiary/aromatic N) is 1. The van der Waals surface area contributed by atoms with Gasteiger partial charge in [0.25, 0.3) is 5.69 Å². The summed E-state index contributed by atoms with van der Waals surface area (Å²) in [7, 11) is 1.56. The Hall–Kier alpha value is -3.05. The van der Waals surface area contributed by atoms with Crippen LogP contribution in [0.15, 0.2) is 66.7 Å². The van der Waals surface area contributed by atoms with Gasteiger partial charge in [-0.3, -0.25) is 10.1 Å². The Labute approximate surface area is 155 Å². The predicted octanol–water partition coefficient (Wildman–Crippen LogP) is 5.50. The molecule has 0 aliphatic carbocycles. The van der Waals surface area contributed by atoms with Crippen LogP contribution < -0.4 is 9.47 Å². The van der Waals surface area contributed by atoms with Gasteiger partial charge in [-0.2, -0.15) is 0 Å². The summed E-state index contributed by atoms with van der Waals surface area (Å²) in [5.41, 5.74) is 1.95. The molecule has 0 spiro atoms. The van der Waals surface area contributed by atoms with Gasteiger partial charge in [0.15, 0.2) is 0 Å². The maximum Gasteiger partial charge on any atom is 0.278 e. The lowest BCUT2D eigenvalue weighted by atomic mass is 10.0. The summed E-state index contributed by atoms with van der Waals surface area (Å²) < 4.78 is 11.2. The van der Waals surface area contributed by atoms with Crippen LogP contribution in [0.25, 0.3) is 11.1 Å². The van der Waals surface area contributed by atoms with Crippen molar-refractivity contribution < 1.29 is 14.4 Å². The molecule has 0 fully saturated rings. The van der Waals surface area contributed by atoms with Gasteiger partial charge in [-0.25, -0.2) is 0 Å². The van der Waals surface area contributed by atoms with Crippen molar-refractivity contribution in [3.63, 3.8) is 0 Å². The van der Waals surface area contributed by atoms with Gasteiger partial charge in [-0.05, 0) is 29.8 Å². The number of benzene rings is 3. The fourth-order valence-corrected chi connectivity index (χ4v) is 2.76. The van der Waals surface area contributed by atoms with E-state index in [1.807, 2.05) is 30.3 Å².